The van der Waals surface area contributed by atoms with Gasteiger partial charge in [-0.3, -0.25) is 4.79 Å². The monoisotopic (exact) mass is 253 g/mol. The Hall–Kier alpha value is -1.52. The van der Waals surface area contributed by atoms with Crippen LogP contribution in [0.2, 0.25) is 0 Å². The largest absolute Gasteiger partial charge is 0.489 e. The molecule has 0 saturated carbocycles. The standard InChI is InChI=1S/C13H23N3O2/c1-4-6-7-10(5-2)8-14-12-11(18-3)13(17)16-9-15-12/h9-10H,4-8H2,1-3H3,(H2,14,15,16,17). The van der Waals surface area contributed by atoms with Crippen LogP contribution in [-0.2, 0) is 0 Å². The van der Waals surface area contributed by atoms with Gasteiger partial charge in [0.25, 0.3) is 5.56 Å². The van der Waals surface area contributed by atoms with Gasteiger partial charge >= 0.3 is 0 Å². The molecule has 0 bridgehead atoms. The minimum Gasteiger partial charge on any atom is -0.489 e. The lowest BCUT2D eigenvalue weighted by Gasteiger charge is -2.16. The molecule has 1 aromatic heterocycles. The van der Waals surface area contributed by atoms with E-state index in [2.05, 4.69) is 29.1 Å². The zero-order chi connectivity index (χ0) is 13.4. The highest BCUT2D eigenvalue weighted by atomic mass is 16.5. The van der Waals surface area contributed by atoms with Gasteiger partial charge in [-0.05, 0) is 12.3 Å². The Bertz CT molecular complexity index is 403. The molecule has 0 spiro atoms. The van der Waals surface area contributed by atoms with Gasteiger partial charge in [-0.15, -0.1) is 0 Å². The summed E-state index contributed by atoms with van der Waals surface area (Å²) in [7, 11) is 1.48. The first-order valence-electron chi connectivity index (χ1n) is 6.58. The first kappa shape index (κ1) is 14.5. The maximum atomic E-state index is 11.5. The fourth-order valence-corrected chi connectivity index (χ4v) is 1.89. The molecule has 0 amide bonds. The predicted molar refractivity (Wildman–Crippen MR) is 73.2 cm³/mol. The highest BCUT2D eigenvalue weighted by Crippen LogP contribution is 2.17. The third-order valence-electron chi connectivity index (χ3n) is 3.12. The van der Waals surface area contributed by atoms with Crippen LogP contribution in [-0.4, -0.2) is 23.6 Å². The van der Waals surface area contributed by atoms with E-state index in [1.165, 1.54) is 32.7 Å². The van der Waals surface area contributed by atoms with Crippen LogP contribution < -0.4 is 15.6 Å². The van der Waals surface area contributed by atoms with E-state index < -0.39 is 0 Å². The van der Waals surface area contributed by atoms with E-state index in [-0.39, 0.29) is 11.3 Å². The van der Waals surface area contributed by atoms with E-state index in [0.29, 0.717) is 11.7 Å². The number of ether oxygens (including phenoxy) is 1. The topological polar surface area (TPSA) is 67.0 Å². The SMILES string of the molecule is CCCCC(CC)CNc1nc[nH]c(=O)c1OC. The zero-order valence-corrected chi connectivity index (χ0v) is 11.5. The third-order valence-corrected chi connectivity index (χ3v) is 3.12. The molecule has 0 radical (unpaired) electrons. The van der Waals surface area contributed by atoms with Crippen molar-refractivity contribution in [3.63, 3.8) is 0 Å². The van der Waals surface area contributed by atoms with Gasteiger partial charge in [0.15, 0.2) is 5.82 Å². The van der Waals surface area contributed by atoms with Crippen molar-refractivity contribution in [2.75, 3.05) is 19.0 Å². The summed E-state index contributed by atoms with van der Waals surface area (Å²) in [5, 5.41) is 3.21. The minimum atomic E-state index is -0.253. The summed E-state index contributed by atoms with van der Waals surface area (Å²) in [5.41, 5.74) is -0.253. The van der Waals surface area contributed by atoms with Crippen LogP contribution in [0, 0.1) is 5.92 Å². The summed E-state index contributed by atoms with van der Waals surface area (Å²) >= 11 is 0. The minimum absolute atomic E-state index is 0.253. The second-order valence-electron chi connectivity index (χ2n) is 4.41. The lowest BCUT2D eigenvalue weighted by atomic mass is 9.99. The second kappa shape index (κ2) is 7.74. The maximum absolute atomic E-state index is 11.5. The number of unbranched alkanes of at least 4 members (excludes halogenated alkanes) is 1. The van der Waals surface area contributed by atoms with E-state index in [1.54, 1.807) is 0 Å². The summed E-state index contributed by atoms with van der Waals surface area (Å²) in [6, 6.07) is 0. The Kier molecular flexibility index (Phi) is 6.25. The fraction of sp³-hybridized carbons (Fsp3) is 0.692. The molecular formula is C13H23N3O2. The number of H-pyrrole nitrogens is 1. The molecule has 0 aliphatic carbocycles. The van der Waals surface area contributed by atoms with Gasteiger partial charge < -0.3 is 15.0 Å². The first-order valence-corrected chi connectivity index (χ1v) is 6.58. The number of anilines is 1. The Morgan fingerprint density at radius 3 is 2.89 bits per heavy atom. The van der Waals surface area contributed by atoms with E-state index in [4.69, 9.17) is 4.74 Å². The molecule has 1 aromatic rings. The molecule has 102 valence electrons. The molecule has 0 aliphatic rings. The van der Waals surface area contributed by atoms with Crippen molar-refractivity contribution in [1.82, 2.24) is 9.97 Å². The number of methoxy groups -OCH3 is 1. The number of aromatic nitrogens is 2. The molecule has 1 unspecified atom stereocenters. The van der Waals surface area contributed by atoms with Crippen LogP contribution in [0.4, 0.5) is 5.82 Å². The summed E-state index contributed by atoms with van der Waals surface area (Å²) in [6.45, 7) is 5.20. The van der Waals surface area contributed by atoms with Crippen LogP contribution in [0.3, 0.4) is 0 Å². The van der Waals surface area contributed by atoms with Crippen molar-refractivity contribution in [3.8, 4) is 5.75 Å². The van der Waals surface area contributed by atoms with E-state index in [0.717, 1.165) is 13.0 Å². The van der Waals surface area contributed by atoms with Crippen LogP contribution in [0.5, 0.6) is 5.75 Å². The number of nitrogens with zero attached hydrogens (tertiary/aromatic N) is 1. The Morgan fingerprint density at radius 2 is 2.28 bits per heavy atom. The molecule has 2 N–H and O–H groups in total. The molecule has 18 heavy (non-hydrogen) atoms. The van der Waals surface area contributed by atoms with Crippen LogP contribution >= 0.6 is 0 Å². The average molecular weight is 253 g/mol. The zero-order valence-electron chi connectivity index (χ0n) is 11.5. The van der Waals surface area contributed by atoms with E-state index in [9.17, 15) is 4.79 Å². The summed E-state index contributed by atoms with van der Waals surface area (Å²) in [4.78, 5) is 18.1. The van der Waals surface area contributed by atoms with Crippen LogP contribution in [0.1, 0.15) is 39.5 Å². The Morgan fingerprint density at radius 1 is 1.50 bits per heavy atom. The predicted octanol–water partition coefficient (Wildman–Crippen LogP) is 2.41. The molecule has 1 heterocycles. The number of hydrogen-bond donors (Lipinski definition) is 2. The van der Waals surface area contributed by atoms with Crippen molar-refractivity contribution in [3.05, 3.63) is 16.7 Å². The molecule has 0 aromatic carbocycles. The van der Waals surface area contributed by atoms with Gasteiger partial charge in [0.1, 0.15) is 0 Å². The highest BCUT2D eigenvalue weighted by molar-refractivity contribution is 5.47. The molecular weight excluding hydrogens is 230 g/mol. The number of aromatic amines is 1. The van der Waals surface area contributed by atoms with E-state index in [1.807, 2.05) is 0 Å². The van der Waals surface area contributed by atoms with Gasteiger partial charge in [0.05, 0.1) is 13.4 Å². The maximum Gasteiger partial charge on any atom is 0.295 e. The van der Waals surface area contributed by atoms with Crippen molar-refractivity contribution < 1.29 is 4.74 Å². The number of rotatable bonds is 8. The highest BCUT2D eigenvalue weighted by Gasteiger charge is 2.11. The third kappa shape index (κ3) is 4.05. The smallest absolute Gasteiger partial charge is 0.295 e. The fourth-order valence-electron chi connectivity index (χ4n) is 1.89. The molecule has 5 nitrogen and oxygen atoms in total. The molecule has 1 atom stereocenters. The van der Waals surface area contributed by atoms with Gasteiger partial charge in [-0.25, -0.2) is 4.98 Å². The van der Waals surface area contributed by atoms with Crippen LogP contribution in [0.15, 0.2) is 11.1 Å². The van der Waals surface area contributed by atoms with Crippen molar-refractivity contribution >= 4 is 5.82 Å². The molecule has 1 rings (SSSR count). The summed E-state index contributed by atoms with van der Waals surface area (Å²) < 4.78 is 5.05. The molecule has 5 heteroatoms. The van der Waals surface area contributed by atoms with Crippen molar-refractivity contribution in [2.45, 2.75) is 39.5 Å². The van der Waals surface area contributed by atoms with Gasteiger partial charge in [0, 0.05) is 6.54 Å². The molecule has 0 saturated heterocycles. The average Bonchev–Trinajstić information content (AvgIpc) is 2.39. The lowest BCUT2D eigenvalue weighted by molar-refractivity contribution is 0.406. The van der Waals surface area contributed by atoms with Crippen molar-refractivity contribution in [2.24, 2.45) is 5.92 Å². The van der Waals surface area contributed by atoms with Crippen LogP contribution in [0.25, 0.3) is 0 Å². The van der Waals surface area contributed by atoms with Crippen molar-refractivity contribution in [1.29, 1.82) is 0 Å². The quantitative estimate of drug-likeness (QED) is 0.746. The van der Waals surface area contributed by atoms with Gasteiger partial charge in [-0.2, -0.15) is 0 Å². The summed E-state index contributed by atoms with van der Waals surface area (Å²) in [5.74, 6) is 1.38. The summed E-state index contributed by atoms with van der Waals surface area (Å²) in [6.07, 6.45) is 6.16. The van der Waals surface area contributed by atoms with Gasteiger partial charge in [0.2, 0.25) is 5.75 Å². The molecule has 0 aliphatic heterocycles. The lowest BCUT2D eigenvalue weighted by Crippen LogP contribution is -2.18. The number of hydrogen-bond acceptors (Lipinski definition) is 4. The normalized spacial score (nSPS) is 12.2. The Labute approximate surface area is 108 Å². The second-order valence-corrected chi connectivity index (χ2v) is 4.41. The number of nitrogens with one attached hydrogen (secondary N) is 2. The van der Waals surface area contributed by atoms with E-state index >= 15 is 0 Å². The Balaban J connectivity index is 2.61. The first-order chi connectivity index (χ1) is 8.72. The molecule has 0 fully saturated rings. The van der Waals surface area contributed by atoms with Gasteiger partial charge in [-0.1, -0.05) is 33.1 Å².